The van der Waals surface area contributed by atoms with Gasteiger partial charge in [0.05, 0.1) is 5.56 Å². The van der Waals surface area contributed by atoms with Gasteiger partial charge in [-0.3, -0.25) is 4.79 Å². The molecule has 3 nitrogen and oxygen atoms in total. The van der Waals surface area contributed by atoms with Gasteiger partial charge in [-0.05, 0) is 30.3 Å². The van der Waals surface area contributed by atoms with Crippen molar-refractivity contribution in [1.82, 2.24) is 4.98 Å². The summed E-state index contributed by atoms with van der Waals surface area (Å²) in [5.41, 5.74) is 2.00. The van der Waals surface area contributed by atoms with Gasteiger partial charge in [-0.2, -0.15) is 0 Å². The van der Waals surface area contributed by atoms with Gasteiger partial charge in [0.2, 0.25) is 0 Å². The molecule has 0 spiro atoms. The minimum Gasteiger partial charge on any atom is -0.360 e. The minimum atomic E-state index is -0.353. The molecule has 1 aromatic heterocycles. The van der Waals surface area contributed by atoms with Crippen LogP contribution in [0.5, 0.6) is 0 Å². The van der Waals surface area contributed by atoms with Crippen molar-refractivity contribution in [1.29, 1.82) is 0 Å². The number of hydrogen-bond donors (Lipinski definition) is 1. The van der Waals surface area contributed by atoms with Crippen LogP contribution in [0.1, 0.15) is 10.4 Å². The fourth-order valence-electron chi connectivity index (χ4n) is 2.22. The van der Waals surface area contributed by atoms with Crippen LogP contribution in [0.15, 0.2) is 54.7 Å². The Morgan fingerprint density at radius 1 is 1.15 bits per heavy atom. The van der Waals surface area contributed by atoms with Crippen LogP contribution >= 0.6 is 0 Å². The molecule has 0 fully saturated rings. The molecule has 0 aliphatic heterocycles. The Bertz CT molecular complexity index is 765. The highest BCUT2D eigenvalue weighted by atomic mass is 19.1. The number of aromatic nitrogens is 1. The topological polar surface area (TPSA) is 36.1 Å². The summed E-state index contributed by atoms with van der Waals surface area (Å²) in [5.74, 6) is -0.526. The average molecular weight is 268 g/mol. The van der Waals surface area contributed by atoms with Crippen molar-refractivity contribution in [3.63, 3.8) is 0 Å². The number of nitrogens with one attached hydrogen (secondary N) is 1. The van der Waals surface area contributed by atoms with E-state index in [9.17, 15) is 9.18 Å². The molecule has 20 heavy (non-hydrogen) atoms. The lowest BCUT2D eigenvalue weighted by Gasteiger charge is -2.16. The lowest BCUT2D eigenvalue weighted by Crippen LogP contribution is -2.25. The number of benzene rings is 2. The highest BCUT2D eigenvalue weighted by Crippen LogP contribution is 2.22. The minimum absolute atomic E-state index is 0.173. The average Bonchev–Trinajstić information content (AvgIpc) is 2.89. The van der Waals surface area contributed by atoms with Crippen LogP contribution in [0, 0.1) is 5.82 Å². The van der Waals surface area contributed by atoms with Crippen molar-refractivity contribution in [3.8, 4) is 0 Å². The second kappa shape index (κ2) is 4.81. The van der Waals surface area contributed by atoms with Crippen LogP contribution in [0.25, 0.3) is 10.9 Å². The molecule has 100 valence electrons. The summed E-state index contributed by atoms with van der Waals surface area (Å²) in [6, 6.07) is 13.7. The standard InChI is InChI=1S/C16H13FN2O/c1-19(12-5-3-2-4-6-12)16(20)14-10-18-15-8-7-11(17)9-13(14)15/h2-10,18H,1H3. The molecule has 0 saturated heterocycles. The van der Waals surface area contributed by atoms with Crippen LogP contribution in [-0.2, 0) is 0 Å². The normalized spacial score (nSPS) is 10.7. The van der Waals surface area contributed by atoms with Crippen molar-refractivity contribution in [2.75, 3.05) is 11.9 Å². The molecule has 0 aliphatic carbocycles. The molecular weight excluding hydrogens is 255 g/mol. The summed E-state index contributed by atoms with van der Waals surface area (Å²) < 4.78 is 13.3. The maximum atomic E-state index is 13.3. The molecule has 2 aromatic carbocycles. The van der Waals surface area contributed by atoms with Gasteiger partial charge >= 0.3 is 0 Å². The summed E-state index contributed by atoms with van der Waals surface area (Å²) in [5, 5.41) is 0.595. The Kier molecular flexibility index (Phi) is 2.99. The third-order valence-electron chi connectivity index (χ3n) is 3.32. The number of anilines is 1. The number of carbonyl (C=O) groups is 1. The van der Waals surface area contributed by atoms with E-state index in [4.69, 9.17) is 0 Å². The first-order chi connectivity index (χ1) is 9.66. The molecule has 0 aliphatic rings. The maximum Gasteiger partial charge on any atom is 0.260 e. The third kappa shape index (κ3) is 2.05. The number of rotatable bonds is 2. The molecule has 3 aromatic rings. The first-order valence-corrected chi connectivity index (χ1v) is 6.26. The Morgan fingerprint density at radius 3 is 2.65 bits per heavy atom. The summed E-state index contributed by atoms with van der Waals surface area (Å²) in [6.07, 6.45) is 1.62. The van der Waals surface area contributed by atoms with Crippen molar-refractivity contribution in [2.24, 2.45) is 0 Å². The van der Waals surface area contributed by atoms with E-state index in [2.05, 4.69) is 4.98 Å². The zero-order valence-corrected chi connectivity index (χ0v) is 10.9. The first-order valence-electron chi connectivity index (χ1n) is 6.26. The molecule has 1 amide bonds. The fraction of sp³-hybridized carbons (Fsp3) is 0.0625. The van der Waals surface area contributed by atoms with Crippen LogP contribution in [-0.4, -0.2) is 17.9 Å². The van der Waals surface area contributed by atoms with Gasteiger partial charge in [0.15, 0.2) is 0 Å². The van der Waals surface area contributed by atoms with Crippen LogP contribution < -0.4 is 4.90 Å². The summed E-state index contributed by atoms with van der Waals surface area (Å²) >= 11 is 0. The number of halogens is 1. The predicted molar refractivity (Wildman–Crippen MR) is 77.4 cm³/mol. The molecule has 0 unspecified atom stereocenters. The molecular formula is C16H13FN2O. The van der Waals surface area contributed by atoms with Crippen molar-refractivity contribution >= 4 is 22.5 Å². The van der Waals surface area contributed by atoms with Gasteiger partial charge in [-0.15, -0.1) is 0 Å². The smallest absolute Gasteiger partial charge is 0.260 e. The number of H-pyrrole nitrogens is 1. The zero-order chi connectivity index (χ0) is 14.1. The molecule has 1 heterocycles. The molecule has 4 heteroatoms. The molecule has 0 saturated carbocycles. The number of amides is 1. The Hall–Kier alpha value is -2.62. The first kappa shape index (κ1) is 12.4. The number of para-hydroxylation sites is 1. The monoisotopic (exact) mass is 268 g/mol. The van der Waals surface area contributed by atoms with E-state index in [0.717, 1.165) is 11.2 Å². The Balaban J connectivity index is 2.03. The van der Waals surface area contributed by atoms with E-state index >= 15 is 0 Å². The van der Waals surface area contributed by atoms with E-state index in [1.165, 1.54) is 12.1 Å². The van der Waals surface area contributed by atoms with Crippen molar-refractivity contribution in [3.05, 3.63) is 66.1 Å². The second-order valence-electron chi connectivity index (χ2n) is 4.59. The van der Waals surface area contributed by atoms with Gasteiger partial charge in [0.1, 0.15) is 5.82 Å². The predicted octanol–water partition coefficient (Wildman–Crippen LogP) is 3.58. The zero-order valence-electron chi connectivity index (χ0n) is 10.9. The SMILES string of the molecule is CN(C(=O)c1c[nH]c2ccc(F)cc12)c1ccccc1. The maximum absolute atomic E-state index is 13.3. The lowest BCUT2D eigenvalue weighted by atomic mass is 10.1. The van der Waals surface area contributed by atoms with E-state index in [0.29, 0.717) is 10.9 Å². The van der Waals surface area contributed by atoms with Gasteiger partial charge in [-0.1, -0.05) is 18.2 Å². The molecule has 0 radical (unpaired) electrons. The molecule has 0 atom stereocenters. The summed E-state index contributed by atoms with van der Waals surface area (Å²) in [4.78, 5) is 17.1. The Morgan fingerprint density at radius 2 is 1.90 bits per heavy atom. The quantitative estimate of drug-likeness (QED) is 0.757. The summed E-state index contributed by atoms with van der Waals surface area (Å²) in [6.45, 7) is 0. The van der Waals surface area contributed by atoms with Crippen molar-refractivity contribution in [2.45, 2.75) is 0 Å². The van der Waals surface area contributed by atoms with Crippen molar-refractivity contribution < 1.29 is 9.18 Å². The second-order valence-corrected chi connectivity index (χ2v) is 4.59. The number of fused-ring (bicyclic) bond motifs is 1. The molecule has 0 bridgehead atoms. The van der Waals surface area contributed by atoms with Gasteiger partial charge in [0.25, 0.3) is 5.91 Å². The third-order valence-corrected chi connectivity index (χ3v) is 3.32. The molecule has 1 N–H and O–H groups in total. The summed E-state index contributed by atoms with van der Waals surface area (Å²) in [7, 11) is 1.70. The number of aromatic amines is 1. The van der Waals surface area contributed by atoms with Crippen LogP contribution in [0.3, 0.4) is 0 Å². The fourth-order valence-corrected chi connectivity index (χ4v) is 2.22. The Labute approximate surface area is 115 Å². The highest BCUT2D eigenvalue weighted by molar-refractivity contribution is 6.13. The van der Waals surface area contributed by atoms with E-state index in [-0.39, 0.29) is 11.7 Å². The van der Waals surface area contributed by atoms with E-state index in [1.54, 1.807) is 24.2 Å². The number of hydrogen-bond acceptors (Lipinski definition) is 1. The van der Waals surface area contributed by atoms with Gasteiger partial charge in [-0.25, -0.2) is 4.39 Å². The van der Waals surface area contributed by atoms with Gasteiger partial charge < -0.3 is 9.88 Å². The number of nitrogens with zero attached hydrogens (tertiary/aromatic N) is 1. The largest absolute Gasteiger partial charge is 0.360 e. The number of carbonyl (C=O) groups excluding carboxylic acids is 1. The van der Waals surface area contributed by atoms with E-state index in [1.807, 2.05) is 30.3 Å². The molecule has 3 rings (SSSR count). The highest BCUT2D eigenvalue weighted by Gasteiger charge is 2.17. The van der Waals surface area contributed by atoms with Crippen LogP contribution in [0.2, 0.25) is 0 Å². The van der Waals surface area contributed by atoms with Crippen LogP contribution in [0.4, 0.5) is 10.1 Å². The van der Waals surface area contributed by atoms with Gasteiger partial charge in [0, 0.05) is 29.8 Å². The van der Waals surface area contributed by atoms with E-state index < -0.39 is 0 Å². The lowest BCUT2D eigenvalue weighted by molar-refractivity contribution is 0.0994.